The van der Waals surface area contributed by atoms with Crippen LogP contribution in [0.5, 0.6) is 0 Å². The Hall–Kier alpha value is -1.95. The van der Waals surface area contributed by atoms with Crippen molar-refractivity contribution in [2.75, 3.05) is 76.6 Å². The first-order valence-electron chi connectivity index (χ1n) is 13.4. The zero-order valence-electron chi connectivity index (χ0n) is 26.6. The van der Waals surface area contributed by atoms with E-state index in [0.29, 0.717) is 0 Å². The van der Waals surface area contributed by atoms with Crippen molar-refractivity contribution in [3.05, 3.63) is 0 Å². The quantitative estimate of drug-likeness (QED) is 0.177. The molecule has 10 atom stereocenters. The Bertz CT molecular complexity index is 816. The molecule has 1 aliphatic heterocycles. The van der Waals surface area contributed by atoms with Gasteiger partial charge in [0, 0.05) is 77.6 Å². The Balaban J connectivity index is 3.39. The molecule has 0 aromatic rings. The largest absolute Gasteiger partial charge is 0.463 e. The van der Waals surface area contributed by atoms with Gasteiger partial charge in [0.15, 0.2) is 12.4 Å². The van der Waals surface area contributed by atoms with Crippen molar-refractivity contribution in [1.82, 2.24) is 4.90 Å². The first-order chi connectivity index (χ1) is 19.9. The maximum atomic E-state index is 12.4. The predicted octanol–water partition coefficient (Wildman–Crippen LogP) is -0.194. The molecule has 0 aromatic carbocycles. The molecule has 0 aliphatic carbocycles. The lowest BCUT2D eigenvalue weighted by atomic mass is 9.95. The molecule has 15 heteroatoms. The van der Waals surface area contributed by atoms with Crippen LogP contribution in [0.4, 0.5) is 0 Å². The molecule has 1 fully saturated rings. The molecule has 246 valence electrons. The number of nitrogens with zero attached hydrogens (tertiary/aromatic N) is 1. The highest BCUT2D eigenvalue weighted by Crippen LogP contribution is 2.30. The summed E-state index contributed by atoms with van der Waals surface area (Å²) in [7, 11) is 11.8. The third kappa shape index (κ3) is 10.3. The lowest BCUT2D eigenvalue weighted by molar-refractivity contribution is -0.299. The zero-order chi connectivity index (χ0) is 32.0. The fraction of sp³-hybridized carbons (Fsp3) is 0.889. The second kappa shape index (κ2) is 19.4. The van der Waals surface area contributed by atoms with Gasteiger partial charge in [-0.2, -0.15) is 0 Å². The van der Waals surface area contributed by atoms with Gasteiger partial charge in [-0.25, -0.2) is 0 Å². The number of hydrogen-bond donors (Lipinski definition) is 0. The number of hydrogen-bond acceptors (Lipinski definition) is 14. The second-order valence-corrected chi connectivity index (χ2v) is 9.68. The Morgan fingerprint density at radius 3 is 1.74 bits per heavy atom. The van der Waals surface area contributed by atoms with Crippen LogP contribution in [0.15, 0.2) is 0 Å². The van der Waals surface area contributed by atoms with Crippen LogP contribution >= 0.6 is 0 Å². The molecular weight excluding hydrogens is 562 g/mol. The molecule has 1 heterocycles. The minimum Gasteiger partial charge on any atom is -0.463 e. The molecule has 1 saturated heterocycles. The summed E-state index contributed by atoms with van der Waals surface area (Å²) in [5.74, 6) is -1.37. The Morgan fingerprint density at radius 1 is 0.738 bits per heavy atom. The van der Waals surface area contributed by atoms with Crippen LogP contribution in [-0.4, -0.2) is 161 Å². The third-order valence-electron chi connectivity index (χ3n) is 7.14. The lowest BCUT2D eigenvalue weighted by Gasteiger charge is -2.48. The van der Waals surface area contributed by atoms with Crippen molar-refractivity contribution < 1.29 is 66.5 Å². The third-order valence-corrected chi connectivity index (χ3v) is 7.14. The first kappa shape index (κ1) is 38.1. The molecule has 1 amide bonds. The van der Waals surface area contributed by atoms with Crippen LogP contribution < -0.4 is 0 Å². The van der Waals surface area contributed by atoms with Gasteiger partial charge in [0.2, 0.25) is 5.91 Å². The van der Waals surface area contributed by atoms with Crippen LogP contribution in [0.3, 0.4) is 0 Å². The summed E-state index contributed by atoms with van der Waals surface area (Å²) in [6.45, 7) is 3.78. The summed E-state index contributed by atoms with van der Waals surface area (Å²) >= 11 is 0. The number of rotatable bonds is 19. The second-order valence-electron chi connectivity index (χ2n) is 9.68. The predicted molar refractivity (Wildman–Crippen MR) is 146 cm³/mol. The highest BCUT2D eigenvalue weighted by atomic mass is 16.7. The topological polar surface area (TPSA) is 156 Å². The van der Waals surface area contributed by atoms with E-state index in [1.165, 1.54) is 75.4 Å². The van der Waals surface area contributed by atoms with Gasteiger partial charge in [0.1, 0.15) is 55.4 Å². The van der Waals surface area contributed by atoms with Crippen molar-refractivity contribution in [2.24, 2.45) is 0 Å². The van der Waals surface area contributed by atoms with Gasteiger partial charge < -0.3 is 57.0 Å². The monoisotopic (exact) mass is 611 g/mol. The van der Waals surface area contributed by atoms with E-state index in [4.69, 9.17) is 52.1 Å². The number of likely N-dealkylation sites (N-methyl/N-ethyl adjacent to an activating group) is 1. The summed E-state index contributed by atoms with van der Waals surface area (Å²) in [4.78, 5) is 37.5. The van der Waals surface area contributed by atoms with Crippen molar-refractivity contribution >= 4 is 17.8 Å². The number of carbonyl (C=O) groups is 3. The van der Waals surface area contributed by atoms with E-state index in [1.807, 2.05) is 0 Å². The summed E-state index contributed by atoms with van der Waals surface area (Å²) in [6, 6.07) is -0.721. The zero-order valence-corrected chi connectivity index (χ0v) is 26.6. The normalized spacial score (nSPS) is 26.0. The Morgan fingerprint density at radius 2 is 1.31 bits per heavy atom. The summed E-state index contributed by atoms with van der Waals surface area (Å²) < 4.78 is 62.7. The van der Waals surface area contributed by atoms with E-state index in [0.717, 1.165) is 0 Å². The average Bonchev–Trinajstić information content (AvgIpc) is 2.95. The van der Waals surface area contributed by atoms with Crippen LogP contribution in [0, 0.1) is 0 Å². The summed E-state index contributed by atoms with van der Waals surface area (Å²) in [5, 5.41) is 0. The molecule has 15 nitrogen and oxygen atoms in total. The van der Waals surface area contributed by atoms with Crippen molar-refractivity contribution in [2.45, 2.75) is 81.9 Å². The molecule has 1 rings (SSSR count). The number of ether oxygens (including phenoxy) is 11. The number of esters is 2. The van der Waals surface area contributed by atoms with Crippen molar-refractivity contribution in [3.8, 4) is 0 Å². The van der Waals surface area contributed by atoms with Gasteiger partial charge in [-0.1, -0.05) is 0 Å². The standard InChI is InChI=1S/C27H49NO14/c1-15(29)28(4)21-25(37-10)23(36-9)20(12-32-5)42-27(21)40-14-19(34-7)24(41-17(3)31)26(38-11)22(35-8)18(33-6)13-39-16(2)30/h18-27H,12-14H2,1-11H3/t18-,19+,20-,21-,22-,23-,24-,25-,26+,27+/m1/s1. The SMILES string of the molecule is COC[C@H]1O[C@H](OC[C@H](OC)[C@@H](OC(C)=O)[C@@H](OC)[C@H](OC)[C@@H](COC(C)=O)OC)[C@H](N(C)C(C)=O)[C@@H](OC)[C@@H]1OC. The van der Waals surface area contributed by atoms with Crippen LogP contribution in [-0.2, 0) is 66.5 Å². The molecule has 0 radical (unpaired) electrons. The maximum absolute atomic E-state index is 12.4. The molecule has 0 aromatic heterocycles. The van der Waals surface area contributed by atoms with Crippen LogP contribution in [0.1, 0.15) is 20.8 Å². The molecule has 1 aliphatic rings. The maximum Gasteiger partial charge on any atom is 0.303 e. The number of methoxy groups -OCH3 is 7. The highest BCUT2D eigenvalue weighted by molar-refractivity contribution is 5.73. The Labute approximate surface area is 248 Å². The van der Waals surface area contributed by atoms with Gasteiger partial charge in [0.25, 0.3) is 0 Å². The van der Waals surface area contributed by atoms with Crippen molar-refractivity contribution in [3.63, 3.8) is 0 Å². The van der Waals surface area contributed by atoms with E-state index >= 15 is 0 Å². The van der Waals surface area contributed by atoms with Crippen molar-refractivity contribution in [1.29, 1.82) is 0 Å². The van der Waals surface area contributed by atoms with E-state index < -0.39 is 73.1 Å². The summed E-state index contributed by atoms with van der Waals surface area (Å²) in [6.07, 6.45) is -7.41. The highest BCUT2D eigenvalue weighted by Gasteiger charge is 2.50. The molecule has 0 spiro atoms. The minimum absolute atomic E-state index is 0.139. The molecule has 0 bridgehead atoms. The van der Waals surface area contributed by atoms with Crippen LogP contribution in [0.2, 0.25) is 0 Å². The molecule has 0 N–H and O–H groups in total. The van der Waals surface area contributed by atoms with E-state index in [1.54, 1.807) is 7.05 Å². The average molecular weight is 612 g/mol. The fourth-order valence-corrected chi connectivity index (χ4v) is 4.98. The van der Waals surface area contributed by atoms with E-state index in [2.05, 4.69) is 0 Å². The van der Waals surface area contributed by atoms with Gasteiger partial charge in [-0.05, 0) is 0 Å². The fourth-order valence-electron chi connectivity index (χ4n) is 4.98. The molecule has 0 saturated carbocycles. The Kier molecular flexibility index (Phi) is 17.5. The van der Waals surface area contributed by atoms with Gasteiger partial charge in [0.05, 0.1) is 13.2 Å². The minimum atomic E-state index is -1.08. The van der Waals surface area contributed by atoms with Gasteiger partial charge in [-0.15, -0.1) is 0 Å². The molecule has 42 heavy (non-hydrogen) atoms. The van der Waals surface area contributed by atoms with Gasteiger partial charge >= 0.3 is 11.9 Å². The molecule has 0 unspecified atom stereocenters. The smallest absolute Gasteiger partial charge is 0.303 e. The number of carbonyl (C=O) groups excluding carboxylic acids is 3. The number of amides is 1. The van der Waals surface area contributed by atoms with Gasteiger partial charge in [-0.3, -0.25) is 14.4 Å². The molecular formula is C27H49NO14. The van der Waals surface area contributed by atoms with E-state index in [-0.39, 0.29) is 25.7 Å². The van der Waals surface area contributed by atoms with E-state index in [9.17, 15) is 14.4 Å². The summed E-state index contributed by atoms with van der Waals surface area (Å²) in [5.41, 5.74) is 0. The van der Waals surface area contributed by atoms with Crippen LogP contribution in [0.25, 0.3) is 0 Å². The first-order valence-corrected chi connectivity index (χ1v) is 13.4. The lowest BCUT2D eigenvalue weighted by Crippen LogP contribution is -2.66.